The molecule has 0 radical (unpaired) electrons. The molecule has 0 unspecified atom stereocenters. The summed E-state index contributed by atoms with van der Waals surface area (Å²) in [5, 5.41) is 7.55. The molecule has 1 aromatic heterocycles. The Bertz CT molecular complexity index is 805. The number of likely N-dealkylation sites (N-methyl/N-ethyl adjacent to an activating group) is 1. The SMILES string of the molecule is CN=C(NCc1ccc(CN2CCN(C)CC2)cc1)N1CCN(Cc2ccon2)CC1. The van der Waals surface area contributed by atoms with Crippen molar-refractivity contribution in [3.05, 3.63) is 53.4 Å². The molecule has 8 heteroatoms. The van der Waals surface area contributed by atoms with Gasteiger partial charge in [0, 0.05) is 85.1 Å². The molecule has 1 N–H and O–H groups in total. The Morgan fingerprint density at radius 2 is 1.55 bits per heavy atom. The van der Waals surface area contributed by atoms with Gasteiger partial charge in [-0.05, 0) is 18.2 Å². The van der Waals surface area contributed by atoms with Gasteiger partial charge in [-0.3, -0.25) is 14.8 Å². The molecule has 0 bridgehead atoms. The van der Waals surface area contributed by atoms with Crippen molar-refractivity contribution in [1.29, 1.82) is 0 Å². The standard InChI is InChI=1S/C23H35N7O/c1-24-23(30-14-12-29(13-15-30)19-22-7-16-31-26-22)25-17-20-3-5-21(6-4-20)18-28-10-8-27(2)9-11-28/h3-7,16H,8-15,17-19H2,1-2H3,(H,24,25). The number of aliphatic imine (C=N–C) groups is 1. The number of hydrogen-bond donors (Lipinski definition) is 1. The first-order chi connectivity index (χ1) is 15.2. The van der Waals surface area contributed by atoms with E-state index in [1.54, 1.807) is 6.26 Å². The van der Waals surface area contributed by atoms with Crippen LogP contribution in [-0.4, -0.2) is 97.2 Å². The molecule has 2 fully saturated rings. The lowest BCUT2D eigenvalue weighted by Crippen LogP contribution is -2.52. The number of hydrogen-bond acceptors (Lipinski definition) is 6. The fourth-order valence-electron chi connectivity index (χ4n) is 4.21. The van der Waals surface area contributed by atoms with Crippen LogP contribution in [0.1, 0.15) is 16.8 Å². The Morgan fingerprint density at radius 1 is 0.903 bits per heavy atom. The number of benzene rings is 1. The highest BCUT2D eigenvalue weighted by molar-refractivity contribution is 5.80. The Kier molecular flexibility index (Phi) is 7.56. The number of nitrogens with one attached hydrogen (secondary N) is 1. The number of piperazine rings is 2. The maximum atomic E-state index is 4.94. The van der Waals surface area contributed by atoms with Crippen LogP contribution in [0.4, 0.5) is 0 Å². The molecular formula is C23H35N7O. The Balaban J connectivity index is 1.21. The lowest BCUT2D eigenvalue weighted by molar-refractivity contribution is 0.148. The van der Waals surface area contributed by atoms with Gasteiger partial charge < -0.3 is 19.6 Å². The zero-order chi connectivity index (χ0) is 21.5. The van der Waals surface area contributed by atoms with Crippen LogP contribution in [-0.2, 0) is 19.6 Å². The molecule has 31 heavy (non-hydrogen) atoms. The van der Waals surface area contributed by atoms with Crippen molar-refractivity contribution in [3.63, 3.8) is 0 Å². The van der Waals surface area contributed by atoms with Crippen LogP contribution in [0.2, 0.25) is 0 Å². The van der Waals surface area contributed by atoms with Gasteiger partial charge in [-0.25, -0.2) is 0 Å². The van der Waals surface area contributed by atoms with E-state index in [9.17, 15) is 0 Å². The van der Waals surface area contributed by atoms with Crippen molar-refractivity contribution < 1.29 is 4.52 Å². The summed E-state index contributed by atoms with van der Waals surface area (Å²) < 4.78 is 4.94. The smallest absolute Gasteiger partial charge is 0.194 e. The molecule has 8 nitrogen and oxygen atoms in total. The van der Waals surface area contributed by atoms with Crippen LogP contribution < -0.4 is 5.32 Å². The van der Waals surface area contributed by atoms with E-state index in [1.807, 2.05) is 13.1 Å². The van der Waals surface area contributed by atoms with Gasteiger partial charge in [-0.2, -0.15) is 0 Å². The van der Waals surface area contributed by atoms with Gasteiger partial charge in [-0.1, -0.05) is 29.4 Å². The van der Waals surface area contributed by atoms with Crippen molar-refractivity contribution >= 4 is 5.96 Å². The topological polar surface area (TPSA) is 63.4 Å². The molecule has 2 saturated heterocycles. The van der Waals surface area contributed by atoms with Crippen LogP contribution >= 0.6 is 0 Å². The van der Waals surface area contributed by atoms with Gasteiger partial charge in [0.25, 0.3) is 0 Å². The molecule has 0 amide bonds. The van der Waals surface area contributed by atoms with Crippen LogP contribution in [0.15, 0.2) is 46.1 Å². The quantitative estimate of drug-likeness (QED) is 0.553. The fourth-order valence-corrected chi connectivity index (χ4v) is 4.21. The third-order valence-corrected chi connectivity index (χ3v) is 6.24. The molecule has 0 spiro atoms. The largest absolute Gasteiger partial charge is 0.364 e. The van der Waals surface area contributed by atoms with Crippen LogP contribution in [0.3, 0.4) is 0 Å². The van der Waals surface area contributed by atoms with Crippen molar-refractivity contribution in [2.45, 2.75) is 19.6 Å². The molecule has 4 rings (SSSR count). The first kappa shape index (κ1) is 21.8. The third-order valence-electron chi connectivity index (χ3n) is 6.24. The Morgan fingerprint density at radius 3 is 2.19 bits per heavy atom. The number of nitrogens with zero attached hydrogens (tertiary/aromatic N) is 6. The van der Waals surface area contributed by atoms with E-state index in [0.717, 1.165) is 83.6 Å². The molecule has 0 aliphatic carbocycles. The van der Waals surface area contributed by atoms with Gasteiger partial charge in [-0.15, -0.1) is 0 Å². The third kappa shape index (κ3) is 6.29. The van der Waals surface area contributed by atoms with E-state index in [0.29, 0.717) is 0 Å². The number of rotatable bonds is 6. The molecule has 2 aliphatic rings. The molecule has 0 atom stereocenters. The second-order valence-corrected chi connectivity index (χ2v) is 8.55. The van der Waals surface area contributed by atoms with E-state index < -0.39 is 0 Å². The van der Waals surface area contributed by atoms with E-state index in [-0.39, 0.29) is 0 Å². The Labute approximate surface area is 185 Å². The average Bonchev–Trinajstić information content (AvgIpc) is 3.31. The lowest BCUT2D eigenvalue weighted by atomic mass is 10.1. The van der Waals surface area contributed by atoms with E-state index in [1.165, 1.54) is 11.1 Å². The van der Waals surface area contributed by atoms with Gasteiger partial charge in [0.1, 0.15) is 6.26 Å². The van der Waals surface area contributed by atoms with Gasteiger partial charge in [0.2, 0.25) is 0 Å². The predicted molar refractivity (Wildman–Crippen MR) is 123 cm³/mol. The molecular weight excluding hydrogens is 390 g/mol. The second-order valence-electron chi connectivity index (χ2n) is 8.55. The predicted octanol–water partition coefficient (Wildman–Crippen LogP) is 1.32. The summed E-state index contributed by atoms with van der Waals surface area (Å²) in [5.41, 5.74) is 3.67. The van der Waals surface area contributed by atoms with E-state index in [2.05, 4.69) is 66.4 Å². The van der Waals surface area contributed by atoms with E-state index in [4.69, 9.17) is 4.52 Å². The minimum Gasteiger partial charge on any atom is -0.364 e. The van der Waals surface area contributed by atoms with Crippen LogP contribution in [0, 0.1) is 0 Å². The summed E-state index contributed by atoms with van der Waals surface area (Å²) in [6.07, 6.45) is 1.64. The van der Waals surface area contributed by atoms with Crippen LogP contribution in [0.25, 0.3) is 0 Å². The summed E-state index contributed by atoms with van der Waals surface area (Å²) in [4.78, 5) is 14.2. The van der Waals surface area contributed by atoms with Crippen LogP contribution in [0.5, 0.6) is 0 Å². The second kappa shape index (κ2) is 10.7. The highest BCUT2D eigenvalue weighted by Crippen LogP contribution is 2.11. The fraction of sp³-hybridized carbons (Fsp3) is 0.565. The normalized spacial score (nSPS) is 19.7. The van der Waals surface area contributed by atoms with Gasteiger partial charge in [0.05, 0.1) is 5.69 Å². The molecule has 2 aliphatic heterocycles. The highest BCUT2D eigenvalue weighted by atomic mass is 16.5. The summed E-state index contributed by atoms with van der Waals surface area (Å²) in [7, 11) is 4.06. The highest BCUT2D eigenvalue weighted by Gasteiger charge is 2.20. The zero-order valence-corrected chi connectivity index (χ0v) is 18.8. The first-order valence-electron chi connectivity index (χ1n) is 11.3. The lowest BCUT2D eigenvalue weighted by Gasteiger charge is -2.36. The minimum absolute atomic E-state index is 0.792. The molecule has 0 saturated carbocycles. The van der Waals surface area contributed by atoms with Crippen molar-refractivity contribution in [2.75, 3.05) is 66.5 Å². The van der Waals surface area contributed by atoms with Gasteiger partial charge >= 0.3 is 0 Å². The first-order valence-corrected chi connectivity index (χ1v) is 11.3. The molecule has 2 aromatic rings. The number of aromatic nitrogens is 1. The van der Waals surface area contributed by atoms with Gasteiger partial charge in [0.15, 0.2) is 5.96 Å². The molecule has 3 heterocycles. The Hall–Kier alpha value is -2.42. The zero-order valence-electron chi connectivity index (χ0n) is 18.8. The summed E-state index contributed by atoms with van der Waals surface area (Å²) in [6, 6.07) is 10.9. The minimum atomic E-state index is 0.792. The maximum absolute atomic E-state index is 4.94. The molecule has 1 aromatic carbocycles. The number of guanidine groups is 1. The van der Waals surface area contributed by atoms with E-state index >= 15 is 0 Å². The average molecular weight is 426 g/mol. The monoisotopic (exact) mass is 425 g/mol. The molecule has 168 valence electrons. The van der Waals surface area contributed by atoms with Crippen molar-refractivity contribution in [2.24, 2.45) is 4.99 Å². The summed E-state index contributed by atoms with van der Waals surface area (Å²) in [6.45, 7) is 11.2. The maximum Gasteiger partial charge on any atom is 0.194 e. The van der Waals surface area contributed by atoms with Crippen molar-refractivity contribution in [1.82, 2.24) is 30.1 Å². The van der Waals surface area contributed by atoms with Crippen molar-refractivity contribution in [3.8, 4) is 0 Å². The summed E-state index contributed by atoms with van der Waals surface area (Å²) in [5.74, 6) is 0.975. The summed E-state index contributed by atoms with van der Waals surface area (Å²) >= 11 is 0.